The first-order valence-corrected chi connectivity index (χ1v) is 9.28. The predicted octanol–water partition coefficient (Wildman–Crippen LogP) is 2.51. The first kappa shape index (κ1) is 14.3. The van der Waals surface area contributed by atoms with Gasteiger partial charge in [0.25, 0.3) is 0 Å². The minimum absolute atomic E-state index is 0.148. The van der Waals surface area contributed by atoms with Crippen LogP contribution < -0.4 is 5.32 Å². The van der Waals surface area contributed by atoms with Crippen molar-refractivity contribution in [3.05, 3.63) is 0 Å². The largest absolute Gasteiger partial charge is 0.312 e. The molecule has 2 aliphatic rings. The maximum absolute atomic E-state index is 11.7. The number of rotatable bonds is 4. The zero-order valence-electron chi connectivity index (χ0n) is 11.7. The highest BCUT2D eigenvalue weighted by molar-refractivity contribution is 7.91. The summed E-state index contributed by atoms with van der Waals surface area (Å²) in [5.41, 5.74) is 0.392. The highest BCUT2D eigenvalue weighted by Crippen LogP contribution is 2.35. The molecule has 2 fully saturated rings. The molecule has 2 atom stereocenters. The van der Waals surface area contributed by atoms with Crippen LogP contribution in [0.3, 0.4) is 0 Å². The molecule has 3 nitrogen and oxygen atoms in total. The lowest BCUT2D eigenvalue weighted by atomic mass is 9.75. The molecule has 2 unspecified atom stereocenters. The van der Waals surface area contributed by atoms with E-state index >= 15 is 0 Å². The predicted molar refractivity (Wildman–Crippen MR) is 75.5 cm³/mol. The molecule has 18 heavy (non-hydrogen) atoms. The average molecular weight is 273 g/mol. The first-order chi connectivity index (χ1) is 8.41. The van der Waals surface area contributed by atoms with E-state index in [0.717, 1.165) is 25.8 Å². The van der Waals surface area contributed by atoms with E-state index in [-0.39, 0.29) is 11.3 Å². The lowest BCUT2D eigenvalue weighted by Gasteiger charge is -2.35. The Hall–Kier alpha value is -0.0900. The molecule has 0 heterocycles. The Morgan fingerprint density at radius 1 is 1.11 bits per heavy atom. The van der Waals surface area contributed by atoms with Gasteiger partial charge in [-0.1, -0.05) is 32.6 Å². The molecule has 0 spiro atoms. The standard InChI is InChI=1S/C14H27NO2S/c1-14(9-4-3-5-10-14)11-15-12-7-6-8-13(12)18(2,16)17/h12-13,15H,3-11H2,1-2H3. The zero-order valence-corrected chi connectivity index (χ0v) is 12.6. The van der Waals surface area contributed by atoms with Gasteiger partial charge in [-0.25, -0.2) is 8.42 Å². The molecule has 0 aliphatic heterocycles. The van der Waals surface area contributed by atoms with E-state index in [1.807, 2.05) is 0 Å². The maximum Gasteiger partial charge on any atom is 0.151 e. The highest BCUT2D eigenvalue weighted by Gasteiger charge is 2.36. The molecule has 2 rings (SSSR count). The second-order valence-electron chi connectivity index (χ2n) is 6.66. The van der Waals surface area contributed by atoms with Crippen LogP contribution in [-0.4, -0.2) is 32.5 Å². The van der Waals surface area contributed by atoms with Gasteiger partial charge in [0.2, 0.25) is 0 Å². The summed E-state index contributed by atoms with van der Waals surface area (Å²) >= 11 is 0. The van der Waals surface area contributed by atoms with E-state index in [0.29, 0.717) is 5.41 Å². The first-order valence-electron chi connectivity index (χ1n) is 7.33. The van der Waals surface area contributed by atoms with Crippen molar-refractivity contribution < 1.29 is 8.42 Å². The van der Waals surface area contributed by atoms with Gasteiger partial charge in [0.1, 0.15) is 0 Å². The quantitative estimate of drug-likeness (QED) is 0.856. The van der Waals surface area contributed by atoms with Crippen molar-refractivity contribution in [2.24, 2.45) is 5.41 Å². The van der Waals surface area contributed by atoms with Crippen LogP contribution in [-0.2, 0) is 9.84 Å². The topological polar surface area (TPSA) is 46.2 Å². The summed E-state index contributed by atoms with van der Waals surface area (Å²) in [6.07, 6.45) is 10.9. The van der Waals surface area contributed by atoms with Crippen molar-refractivity contribution in [1.82, 2.24) is 5.32 Å². The van der Waals surface area contributed by atoms with Crippen LogP contribution >= 0.6 is 0 Å². The van der Waals surface area contributed by atoms with E-state index in [4.69, 9.17) is 0 Å². The van der Waals surface area contributed by atoms with Crippen LogP contribution in [0.1, 0.15) is 58.3 Å². The third-order valence-electron chi connectivity index (χ3n) is 4.85. The molecule has 0 aromatic heterocycles. The number of sulfone groups is 1. The summed E-state index contributed by atoms with van der Waals surface area (Å²) in [7, 11) is -2.89. The molecule has 0 saturated heterocycles. The van der Waals surface area contributed by atoms with Crippen LogP contribution in [0.5, 0.6) is 0 Å². The molecule has 2 saturated carbocycles. The van der Waals surface area contributed by atoms with E-state index in [9.17, 15) is 8.42 Å². The van der Waals surface area contributed by atoms with E-state index in [1.165, 1.54) is 38.4 Å². The van der Waals surface area contributed by atoms with Gasteiger partial charge >= 0.3 is 0 Å². The minimum Gasteiger partial charge on any atom is -0.312 e. The molecular formula is C14H27NO2S. The molecule has 0 bridgehead atoms. The minimum atomic E-state index is -2.89. The Bertz CT molecular complexity index is 371. The van der Waals surface area contributed by atoms with Gasteiger partial charge in [0.15, 0.2) is 9.84 Å². The molecule has 0 aromatic carbocycles. The molecule has 2 aliphatic carbocycles. The van der Waals surface area contributed by atoms with Gasteiger partial charge in [-0.05, 0) is 31.1 Å². The molecular weight excluding hydrogens is 246 g/mol. The van der Waals surface area contributed by atoms with Gasteiger partial charge in [-0.3, -0.25) is 0 Å². The van der Waals surface area contributed by atoms with Crippen LogP contribution in [0.4, 0.5) is 0 Å². The summed E-state index contributed by atoms with van der Waals surface area (Å²) in [4.78, 5) is 0. The zero-order chi connectivity index (χ0) is 13.2. The Labute approximate surface area is 112 Å². The maximum atomic E-state index is 11.7. The normalized spacial score (nSPS) is 32.6. The summed E-state index contributed by atoms with van der Waals surface area (Å²) in [6.45, 7) is 3.34. The molecule has 1 N–H and O–H groups in total. The Morgan fingerprint density at radius 2 is 1.78 bits per heavy atom. The van der Waals surface area contributed by atoms with Crippen LogP contribution in [0.25, 0.3) is 0 Å². The summed E-state index contributed by atoms with van der Waals surface area (Å²) in [5, 5.41) is 3.42. The van der Waals surface area contributed by atoms with Crippen molar-refractivity contribution in [3.8, 4) is 0 Å². The summed E-state index contributed by atoms with van der Waals surface area (Å²) in [5.74, 6) is 0. The number of nitrogens with one attached hydrogen (secondary N) is 1. The molecule has 0 aromatic rings. The molecule has 106 valence electrons. The number of hydrogen-bond donors (Lipinski definition) is 1. The lowest BCUT2D eigenvalue weighted by Crippen LogP contribution is -2.45. The van der Waals surface area contributed by atoms with Crippen LogP contribution in [0, 0.1) is 5.41 Å². The van der Waals surface area contributed by atoms with Crippen LogP contribution in [0.2, 0.25) is 0 Å². The van der Waals surface area contributed by atoms with Crippen molar-refractivity contribution in [2.45, 2.75) is 69.6 Å². The fourth-order valence-corrected chi connectivity index (χ4v) is 5.06. The second kappa shape index (κ2) is 5.49. The van der Waals surface area contributed by atoms with Crippen LogP contribution in [0.15, 0.2) is 0 Å². The smallest absolute Gasteiger partial charge is 0.151 e. The van der Waals surface area contributed by atoms with E-state index in [1.54, 1.807) is 0 Å². The third-order valence-corrected chi connectivity index (χ3v) is 6.52. The van der Waals surface area contributed by atoms with Crippen molar-refractivity contribution in [3.63, 3.8) is 0 Å². The van der Waals surface area contributed by atoms with Gasteiger partial charge in [0.05, 0.1) is 5.25 Å². The SMILES string of the molecule is CC1(CNC2CCCC2S(C)(=O)=O)CCCCC1. The van der Waals surface area contributed by atoms with Crippen molar-refractivity contribution >= 4 is 9.84 Å². The van der Waals surface area contributed by atoms with Gasteiger partial charge in [0, 0.05) is 18.8 Å². The van der Waals surface area contributed by atoms with Crippen molar-refractivity contribution in [2.75, 3.05) is 12.8 Å². The summed E-state index contributed by atoms with van der Waals surface area (Å²) in [6, 6.07) is 0.193. The highest BCUT2D eigenvalue weighted by atomic mass is 32.2. The second-order valence-corrected chi connectivity index (χ2v) is 8.92. The monoisotopic (exact) mass is 273 g/mol. The number of hydrogen-bond acceptors (Lipinski definition) is 3. The fraction of sp³-hybridized carbons (Fsp3) is 1.00. The Kier molecular flexibility index (Phi) is 4.37. The third kappa shape index (κ3) is 3.47. The average Bonchev–Trinajstić information content (AvgIpc) is 2.75. The molecule has 0 amide bonds. The molecule has 4 heteroatoms. The van der Waals surface area contributed by atoms with Gasteiger partial charge < -0.3 is 5.32 Å². The fourth-order valence-electron chi connectivity index (χ4n) is 3.63. The van der Waals surface area contributed by atoms with Crippen molar-refractivity contribution in [1.29, 1.82) is 0 Å². The lowest BCUT2D eigenvalue weighted by molar-refractivity contribution is 0.200. The Balaban J connectivity index is 1.89. The molecule has 0 radical (unpaired) electrons. The van der Waals surface area contributed by atoms with E-state index < -0.39 is 9.84 Å². The van der Waals surface area contributed by atoms with Gasteiger partial charge in [-0.2, -0.15) is 0 Å². The summed E-state index contributed by atoms with van der Waals surface area (Å²) < 4.78 is 23.5. The Morgan fingerprint density at radius 3 is 2.39 bits per heavy atom. The van der Waals surface area contributed by atoms with Gasteiger partial charge in [-0.15, -0.1) is 0 Å². The van der Waals surface area contributed by atoms with E-state index in [2.05, 4.69) is 12.2 Å².